The average Bonchev–Trinajstić information content (AvgIpc) is 3.29. The van der Waals surface area contributed by atoms with Gasteiger partial charge in [-0.2, -0.15) is 0 Å². The summed E-state index contributed by atoms with van der Waals surface area (Å²) in [4.78, 5) is 18.8. The Kier molecular flexibility index (Phi) is 4.89. The highest BCUT2D eigenvalue weighted by atomic mass is 32.1. The number of benzene rings is 1. The minimum absolute atomic E-state index is 0.0166. The number of rotatable bonds is 5. The van der Waals surface area contributed by atoms with Crippen molar-refractivity contribution in [2.45, 2.75) is 12.3 Å². The fourth-order valence-electron chi connectivity index (χ4n) is 3.01. The normalized spacial score (nSPS) is 17.0. The lowest BCUT2D eigenvalue weighted by Gasteiger charge is -2.17. The fraction of sp³-hybridized carbons (Fsp3) is 0.412. The number of carbonyl (C=O) groups is 1. The van der Waals surface area contributed by atoms with Crippen LogP contribution in [0.25, 0.3) is 0 Å². The number of hydrogen-bond donors (Lipinski definition) is 1. The van der Waals surface area contributed by atoms with Crippen LogP contribution in [-0.2, 0) is 0 Å². The number of thiazole rings is 1. The van der Waals surface area contributed by atoms with E-state index in [9.17, 15) is 4.79 Å². The van der Waals surface area contributed by atoms with Crippen LogP contribution < -0.4 is 14.8 Å². The molecule has 1 N–H and O–H groups in total. The van der Waals surface area contributed by atoms with Gasteiger partial charge in [0, 0.05) is 37.0 Å². The second-order valence-corrected chi connectivity index (χ2v) is 6.49. The Morgan fingerprint density at radius 2 is 2.21 bits per heavy atom. The SMILES string of the molecule is CNc1nc(C(=O)N2CC[C@H](c3cc(OC)ccc3OC)C2)cs1. The van der Waals surface area contributed by atoms with E-state index in [-0.39, 0.29) is 11.8 Å². The molecule has 128 valence electrons. The van der Waals surface area contributed by atoms with Crippen molar-refractivity contribution < 1.29 is 14.3 Å². The molecule has 0 spiro atoms. The van der Waals surface area contributed by atoms with Crippen LogP contribution in [0.1, 0.15) is 28.4 Å². The largest absolute Gasteiger partial charge is 0.497 e. The molecule has 2 heterocycles. The van der Waals surface area contributed by atoms with Gasteiger partial charge in [-0.3, -0.25) is 4.79 Å². The summed E-state index contributed by atoms with van der Waals surface area (Å²) in [5.41, 5.74) is 1.59. The van der Waals surface area contributed by atoms with Crippen molar-refractivity contribution in [2.75, 3.05) is 39.7 Å². The maximum atomic E-state index is 12.6. The van der Waals surface area contributed by atoms with E-state index in [2.05, 4.69) is 10.3 Å². The molecular weight excluding hydrogens is 326 g/mol. The van der Waals surface area contributed by atoms with Gasteiger partial charge in [0.2, 0.25) is 0 Å². The zero-order chi connectivity index (χ0) is 17.1. The highest BCUT2D eigenvalue weighted by molar-refractivity contribution is 7.13. The number of hydrogen-bond acceptors (Lipinski definition) is 6. The number of nitrogens with zero attached hydrogens (tertiary/aromatic N) is 2. The molecule has 1 atom stereocenters. The standard InChI is InChI=1S/C17H21N3O3S/c1-18-17-19-14(10-24-17)16(21)20-7-6-11(9-20)13-8-12(22-2)4-5-15(13)23-3/h4-5,8,10-11H,6-7,9H2,1-3H3,(H,18,19)/t11-/m0/s1. The Bertz CT molecular complexity index is 732. The zero-order valence-corrected chi connectivity index (χ0v) is 14.9. The highest BCUT2D eigenvalue weighted by Crippen LogP contribution is 2.36. The van der Waals surface area contributed by atoms with Crippen LogP contribution in [0.4, 0.5) is 5.13 Å². The van der Waals surface area contributed by atoms with Crippen LogP contribution in [0.15, 0.2) is 23.6 Å². The smallest absolute Gasteiger partial charge is 0.273 e. The van der Waals surface area contributed by atoms with Gasteiger partial charge in [0.1, 0.15) is 17.2 Å². The van der Waals surface area contributed by atoms with Crippen molar-refractivity contribution in [1.29, 1.82) is 0 Å². The minimum atomic E-state index is -0.0166. The van der Waals surface area contributed by atoms with Crippen LogP contribution in [-0.4, -0.2) is 50.1 Å². The quantitative estimate of drug-likeness (QED) is 0.901. The topological polar surface area (TPSA) is 63.7 Å². The number of amides is 1. The Balaban J connectivity index is 1.76. The molecule has 0 bridgehead atoms. The molecule has 1 fully saturated rings. The fourth-order valence-corrected chi connectivity index (χ4v) is 3.65. The van der Waals surface area contributed by atoms with Crippen LogP contribution in [0.2, 0.25) is 0 Å². The molecule has 2 aromatic rings. The van der Waals surface area contributed by atoms with Gasteiger partial charge in [0.15, 0.2) is 5.13 Å². The molecule has 0 radical (unpaired) electrons. The average molecular weight is 347 g/mol. The predicted molar refractivity (Wildman–Crippen MR) is 94.5 cm³/mol. The van der Waals surface area contributed by atoms with Crippen molar-refractivity contribution in [3.05, 3.63) is 34.8 Å². The first-order chi connectivity index (χ1) is 11.7. The number of methoxy groups -OCH3 is 2. The summed E-state index contributed by atoms with van der Waals surface area (Å²) in [6.07, 6.45) is 0.901. The van der Waals surface area contributed by atoms with E-state index in [0.717, 1.165) is 35.2 Å². The van der Waals surface area contributed by atoms with E-state index in [1.54, 1.807) is 26.6 Å². The van der Waals surface area contributed by atoms with Crippen molar-refractivity contribution in [1.82, 2.24) is 9.88 Å². The second kappa shape index (κ2) is 7.09. The summed E-state index contributed by atoms with van der Waals surface area (Å²) < 4.78 is 10.8. The van der Waals surface area contributed by atoms with Crippen LogP contribution >= 0.6 is 11.3 Å². The summed E-state index contributed by atoms with van der Waals surface area (Å²) in [6.45, 7) is 1.38. The van der Waals surface area contributed by atoms with Crippen molar-refractivity contribution >= 4 is 22.4 Å². The van der Waals surface area contributed by atoms with Crippen LogP contribution in [0.3, 0.4) is 0 Å². The number of ether oxygens (including phenoxy) is 2. The van der Waals surface area contributed by atoms with E-state index < -0.39 is 0 Å². The number of anilines is 1. The maximum Gasteiger partial charge on any atom is 0.273 e. The van der Waals surface area contributed by atoms with Crippen molar-refractivity contribution in [3.8, 4) is 11.5 Å². The number of aromatic nitrogens is 1. The molecule has 0 aliphatic carbocycles. The molecular formula is C17H21N3O3S. The van der Waals surface area contributed by atoms with Gasteiger partial charge in [-0.15, -0.1) is 11.3 Å². The van der Waals surface area contributed by atoms with E-state index in [1.807, 2.05) is 23.1 Å². The molecule has 1 aromatic carbocycles. The molecule has 1 aliphatic heterocycles. The Morgan fingerprint density at radius 3 is 2.88 bits per heavy atom. The molecule has 6 nitrogen and oxygen atoms in total. The first-order valence-electron chi connectivity index (χ1n) is 7.80. The third-order valence-electron chi connectivity index (χ3n) is 4.29. The summed E-state index contributed by atoms with van der Waals surface area (Å²) in [5, 5.41) is 5.51. The molecule has 0 saturated carbocycles. The molecule has 3 rings (SSSR count). The lowest BCUT2D eigenvalue weighted by Crippen LogP contribution is -2.28. The third-order valence-corrected chi connectivity index (χ3v) is 5.15. The monoisotopic (exact) mass is 347 g/mol. The molecule has 0 unspecified atom stereocenters. The van der Waals surface area contributed by atoms with Gasteiger partial charge < -0.3 is 19.7 Å². The Hall–Kier alpha value is -2.28. The van der Waals surface area contributed by atoms with E-state index >= 15 is 0 Å². The first-order valence-corrected chi connectivity index (χ1v) is 8.68. The predicted octanol–water partition coefficient (Wildman–Crippen LogP) is 2.83. The molecule has 7 heteroatoms. The maximum absolute atomic E-state index is 12.6. The molecule has 24 heavy (non-hydrogen) atoms. The lowest BCUT2D eigenvalue weighted by atomic mass is 9.97. The second-order valence-electron chi connectivity index (χ2n) is 5.63. The summed E-state index contributed by atoms with van der Waals surface area (Å²) in [5.74, 6) is 1.86. The molecule has 1 amide bonds. The Morgan fingerprint density at radius 1 is 1.38 bits per heavy atom. The van der Waals surface area contributed by atoms with Gasteiger partial charge in [0.25, 0.3) is 5.91 Å². The van der Waals surface area contributed by atoms with Gasteiger partial charge >= 0.3 is 0 Å². The molecule has 1 saturated heterocycles. The lowest BCUT2D eigenvalue weighted by molar-refractivity contribution is 0.0786. The molecule has 1 aromatic heterocycles. The number of likely N-dealkylation sites (tertiary alicyclic amines) is 1. The van der Waals surface area contributed by atoms with E-state index in [0.29, 0.717) is 12.2 Å². The summed E-state index contributed by atoms with van der Waals surface area (Å²) >= 11 is 1.44. The van der Waals surface area contributed by atoms with Gasteiger partial charge in [0.05, 0.1) is 14.2 Å². The van der Waals surface area contributed by atoms with Gasteiger partial charge in [-0.25, -0.2) is 4.98 Å². The first kappa shape index (κ1) is 16.6. The van der Waals surface area contributed by atoms with Crippen LogP contribution in [0.5, 0.6) is 11.5 Å². The van der Waals surface area contributed by atoms with Crippen molar-refractivity contribution in [3.63, 3.8) is 0 Å². The third kappa shape index (κ3) is 3.17. The minimum Gasteiger partial charge on any atom is -0.497 e. The summed E-state index contributed by atoms with van der Waals surface area (Å²) in [6, 6.07) is 5.80. The number of nitrogens with one attached hydrogen (secondary N) is 1. The van der Waals surface area contributed by atoms with Crippen LogP contribution in [0, 0.1) is 0 Å². The highest BCUT2D eigenvalue weighted by Gasteiger charge is 2.30. The summed E-state index contributed by atoms with van der Waals surface area (Å²) in [7, 11) is 5.11. The molecule has 1 aliphatic rings. The van der Waals surface area contributed by atoms with E-state index in [4.69, 9.17) is 9.47 Å². The van der Waals surface area contributed by atoms with Gasteiger partial charge in [-0.05, 0) is 24.6 Å². The number of carbonyl (C=O) groups excluding carboxylic acids is 1. The Labute approximate surface area is 145 Å². The van der Waals surface area contributed by atoms with E-state index in [1.165, 1.54) is 11.3 Å². The zero-order valence-electron chi connectivity index (χ0n) is 14.0. The van der Waals surface area contributed by atoms with Gasteiger partial charge in [-0.1, -0.05) is 0 Å². The van der Waals surface area contributed by atoms with Crippen molar-refractivity contribution in [2.24, 2.45) is 0 Å².